The molecule has 0 radical (unpaired) electrons. The van der Waals surface area contributed by atoms with Crippen LogP contribution in [0.15, 0.2) is 24.3 Å². The van der Waals surface area contributed by atoms with Crippen molar-refractivity contribution in [3.05, 3.63) is 24.3 Å². The fourth-order valence-corrected chi connectivity index (χ4v) is 3.13. The van der Waals surface area contributed by atoms with Crippen LogP contribution in [0.2, 0.25) is 0 Å². The van der Waals surface area contributed by atoms with Crippen molar-refractivity contribution in [1.82, 2.24) is 10.6 Å². The molecule has 1 atom stereocenters. The number of hydrogen-bond acceptors (Lipinski definition) is 4. The van der Waals surface area contributed by atoms with E-state index in [9.17, 15) is 9.59 Å². The van der Waals surface area contributed by atoms with Crippen molar-refractivity contribution in [2.45, 2.75) is 32.2 Å². The minimum absolute atomic E-state index is 0. The largest absolute Gasteiger partial charge is 0.371 e. The Balaban J connectivity index is 0.00000225. The Labute approximate surface area is 155 Å². The molecule has 2 aliphatic heterocycles. The lowest BCUT2D eigenvalue weighted by atomic mass is 10.0. The van der Waals surface area contributed by atoms with Crippen LogP contribution in [0.5, 0.6) is 0 Å². The van der Waals surface area contributed by atoms with Gasteiger partial charge in [0.2, 0.25) is 11.8 Å². The highest BCUT2D eigenvalue weighted by molar-refractivity contribution is 5.92. The summed E-state index contributed by atoms with van der Waals surface area (Å²) in [6, 6.07) is 7.81. The van der Waals surface area contributed by atoms with Crippen LogP contribution < -0.4 is 20.9 Å². The molecule has 138 valence electrons. The fourth-order valence-electron chi connectivity index (χ4n) is 3.13. The average molecular weight is 367 g/mol. The van der Waals surface area contributed by atoms with Crippen molar-refractivity contribution in [2.24, 2.45) is 5.92 Å². The summed E-state index contributed by atoms with van der Waals surface area (Å²) in [5.41, 5.74) is 1.97. The van der Waals surface area contributed by atoms with Gasteiger partial charge in [-0.15, -0.1) is 12.4 Å². The summed E-state index contributed by atoms with van der Waals surface area (Å²) in [7, 11) is 0. The smallest absolute Gasteiger partial charge is 0.226 e. The molecule has 2 fully saturated rings. The number of halogens is 1. The molecule has 2 saturated heterocycles. The number of amides is 2. The van der Waals surface area contributed by atoms with Crippen LogP contribution in [-0.4, -0.2) is 44.0 Å². The van der Waals surface area contributed by atoms with Gasteiger partial charge in [-0.05, 0) is 38.0 Å². The molecule has 1 aromatic carbocycles. The van der Waals surface area contributed by atoms with E-state index >= 15 is 0 Å². The number of carbonyl (C=O) groups is 2. The molecule has 1 unspecified atom stereocenters. The molecule has 2 amide bonds. The summed E-state index contributed by atoms with van der Waals surface area (Å²) in [6.07, 6.45) is 2.73. The standard InChI is InChI=1S/C18H26N4O2.ClH/c1-13(20-18(24)14-11-19-12-14)9-17(23)21-15-5-4-6-16(10-15)22-7-2-3-8-22;/h4-6,10,13-14,19H,2-3,7-9,11-12H2,1H3,(H,20,24)(H,21,23);1H. The van der Waals surface area contributed by atoms with E-state index in [1.54, 1.807) is 0 Å². The topological polar surface area (TPSA) is 73.5 Å². The van der Waals surface area contributed by atoms with Crippen molar-refractivity contribution < 1.29 is 9.59 Å². The highest BCUT2D eigenvalue weighted by Gasteiger charge is 2.26. The lowest BCUT2D eigenvalue weighted by Gasteiger charge is -2.27. The fraction of sp³-hybridized carbons (Fsp3) is 0.556. The van der Waals surface area contributed by atoms with Gasteiger partial charge in [0.25, 0.3) is 0 Å². The maximum absolute atomic E-state index is 12.2. The van der Waals surface area contributed by atoms with Crippen LogP contribution in [0.4, 0.5) is 11.4 Å². The Hall–Kier alpha value is -1.79. The molecular weight excluding hydrogens is 340 g/mol. The van der Waals surface area contributed by atoms with E-state index in [2.05, 4.69) is 26.9 Å². The third kappa shape index (κ3) is 5.34. The van der Waals surface area contributed by atoms with Crippen LogP contribution >= 0.6 is 12.4 Å². The third-order valence-electron chi connectivity index (χ3n) is 4.63. The second-order valence-electron chi connectivity index (χ2n) is 6.76. The van der Waals surface area contributed by atoms with Gasteiger partial charge in [0.05, 0.1) is 5.92 Å². The van der Waals surface area contributed by atoms with Crippen LogP contribution in [-0.2, 0) is 9.59 Å². The molecule has 25 heavy (non-hydrogen) atoms. The van der Waals surface area contributed by atoms with Crippen molar-refractivity contribution in [2.75, 3.05) is 36.4 Å². The molecule has 0 aliphatic carbocycles. The Bertz CT molecular complexity index is 600. The van der Waals surface area contributed by atoms with Crippen molar-refractivity contribution >= 4 is 35.6 Å². The van der Waals surface area contributed by atoms with E-state index in [1.807, 2.05) is 25.1 Å². The predicted octanol–water partition coefficient (Wildman–Crippen LogP) is 1.76. The zero-order valence-electron chi connectivity index (χ0n) is 14.6. The SMILES string of the molecule is CC(CC(=O)Nc1cccc(N2CCCC2)c1)NC(=O)C1CNC1.Cl. The summed E-state index contributed by atoms with van der Waals surface area (Å²) in [5.74, 6) is 0.00541. The van der Waals surface area contributed by atoms with Crippen molar-refractivity contribution in [1.29, 1.82) is 0 Å². The minimum Gasteiger partial charge on any atom is -0.371 e. The van der Waals surface area contributed by atoms with Crippen LogP contribution in [0, 0.1) is 5.92 Å². The molecule has 3 N–H and O–H groups in total. The Kier molecular flexibility index (Phi) is 7.08. The number of hydrogen-bond donors (Lipinski definition) is 3. The van der Waals surface area contributed by atoms with Gasteiger partial charge < -0.3 is 20.9 Å². The maximum atomic E-state index is 12.2. The molecule has 6 nitrogen and oxygen atoms in total. The summed E-state index contributed by atoms with van der Waals surface area (Å²) < 4.78 is 0. The number of benzene rings is 1. The Morgan fingerprint density at radius 1 is 1.28 bits per heavy atom. The minimum atomic E-state index is -0.167. The molecule has 2 heterocycles. The molecule has 0 aromatic heterocycles. The highest BCUT2D eigenvalue weighted by atomic mass is 35.5. The van der Waals surface area contributed by atoms with Gasteiger partial charge >= 0.3 is 0 Å². The molecule has 1 aromatic rings. The lowest BCUT2D eigenvalue weighted by molar-refractivity contribution is -0.127. The quantitative estimate of drug-likeness (QED) is 0.717. The first-order valence-corrected chi connectivity index (χ1v) is 8.78. The van der Waals surface area contributed by atoms with Gasteiger partial charge in [-0.3, -0.25) is 9.59 Å². The summed E-state index contributed by atoms with van der Waals surface area (Å²) >= 11 is 0. The predicted molar refractivity (Wildman–Crippen MR) is 102 cm³/mol. The average Bonchev–Trinajstić information content (AvgIpc) is 2.99. The van der Waals surface area contributed by atoms with Crippen LogP contribution in [0.1, 0.15) is 26.2 Å². The first-order chi connectivity index (χ1) is 11.6. The van der Waals surface area contributed by atoms with Gasteiger partial charge in [-0.2, -0.15) is 0 Å². The normalized spacial score (nSPS) is 18.0. The van der Waals surface area contributed by atoms with E-state index in [0.29, 0.717) is 0 Å². The first-order valence-electron chi connectivity index (χ1n) is 8.78. The maximum Gasteiger partial charge on any atom is 0.226 e. The molecule has 2 aliphatic rings. The number of rotatable bonds is 6. The first kappa shape index (κ1) is 19.5. The second kappa shape index (κ2) is 9.06. The number of nitrogens with zero attached hydrogens (tertiary/aromatic N) is 1. The van der Waals surface area contributed by atoms with Crippen LogP contribution in [0.25, 0.3) is 0 Å². The molecule has 0 spiro atoms. The highest BCUT2D eigenvalue weighted by Crippen LogP contribution is 2.23. The summed E-state index contributed by atoms with van der Waals surface area (Å²) in [6.45, 7) is 5.49. The molecular formula is C18H27ClN4O2. The molecule has 7 heteroatoms. The summed E-state index contributed by atoms with van der Waals surface area (Å²) in [4.78, 5) is 26.4. The monoisotopic (exact) mass is 366 g/mol. The second-order valence-corrected chi connectivity index (χ2v) is 6.76. The van der Waals surface area contributed by atoms with E-state index in [-0.39, 0.29) is 42.6 Å². The molecule has 0 saturated carbocycles. The lowest BCUT2D eigenvalue weighted by Crippen LogP contribution is -2.52. The van der Waals surface area contributed by atoms with Gasteiger partial charge in [0.15, 0.2) is 0 Å². The third-order valence-corrected chi connectivity index (χ3v) is 4.63. The molecule has 3 rings (SSSR count). The van der Waals surface area contributed by atoms with E-state index in [4.69, 9.17) is 0 Å². The van der Waals surface area contributed by atoms with Gasteiger partial charge in [0.1, 0.15) is 0 Å². The summed E-state index contributed by atoms with van der Waals surface area (Å²) in [5, 5.41) is 8.92. The number of nitrogens with one attached hydrogen (secondary N) is 3. The van der Waals surface area contributed by atoms with Crippen molar-refractivity contribution in [3.8, 4) is 0 Å². The zero-order chi connectivity index (χ0) is 16.9. The number of carbonyl (C=O) groups excluding carboxylic acids is 2. The van der Waals surface area contributed by atoms with E-state index in [0.717, 1.165) is 37.6 Å². The zero-order valence-corrected chi connectivity index (χ0v) is 15.4. The van der Waals surface area contributed by atoms with Gasteiger partial charge in [0, 0.05) is 50.0 Å². The van der Waals surface area contributed by atoms with E-state index in [1.165, 1.54) is 12.8 Å². The van der Waals surface area contributed by atoms with E-state index < -0.39 is 0 Å². The Morgan fingerprint density at radius 3 is 2.64 bits per heavy atom. The van der Waals surface area contributed by atoms with Crippen molar-refractivity contribution in [3.63, 3.8) is 0 Å². The Morgan fingerprint density at radius 2 is 2.00 bits per heavy atom. The number of anilines is 2. The van der Waals surface area contributed by atoms with Crippen LogP contribution in [0.3, 0.4) is 0 Å². The molecule has 0 bridgehead atoms. The van der Waals surface area contributed by atoms with Gasteiger partial charge in [-0.1, -0.05) is 6.07 Å². The van der Waals surface area contributed by atoms with Gasteiger partial charge in [-0.25, -0.2) is 0 Å².